The van der Waals surface area contributed by atoms with Crippen LogP contribution in [0, 0.1) is 5.82 Å². The molecule has 2 aromatic carbocycles. The van der Waals surface area contributed by atoms with Crippen molar-refractivity contribution in [2.45, 2.75) is 32.7 Å². The number of oxazole rings is 1. The number of carbonyl (C=O) groups excluding carboxylic acids is 1. The average molecular weight is 469 g/mol. The SMILES string of the molecule is CCCN(Cc1nnc(-c2ccccc2Cl)o1)C(=O)CCc1ncc(-c2ccc(F)cc2)o1. The predicted molar refractivity (Wildman–Crippen MR) is 121 cm³/mol. The van der Waals surface area contributed by atoms with Crippen LogP contribution in [0.1, 0.15) is 31.5 Å². The van der Waals surface area contributed by atoms with E-state index in [0.717, 1.165) is 12.0 Å². The van der Waals surface area contributed by atoms with Crippen molar-refractivity contribution >= 4 is 17.5 Å². The van der Waals surface area contributed by atoms with Crippen LogP contribution in [0.5, 0.6) is 0 Å². The van der Waals surface area contributed by atoms with E-state index < -0.39 is 0 Å². The lowest BCUT2D eigenvalue weighted by molar-refractivity contribution is -0.132. The maximum absolute atomic E-state index is 13.1. The van der Waals surface area contributed by atoms with Crippen molar-refractivity contribution in [2.24, 2.45) is 0 Å². The number of rotatable bonds is 9. The van der Waals surface area contributed by atoms with E-state index in [-0.39, 0.29) is 24.7 Å². The summed E-state index contributed by atoms with van der Waals surface area (Å²) in [5, 5.41) is 8.65. The van der Waals surface area contributed by atoms with Gasteiger partial charge < -0.3 is 13.7 Å². The second-order valence-electron chi connectivity index (χ2n) is 7.42. The van der Waals surface area contributed by atoms with Crippen LogP contribution in [0.4, 0.5) is 4.39 Å². The first-order chi connectivity index (χ1) is 16.0. The van der Waals surface area contributed by atoms with Gasteiger partial charge in [-0.25, -0.2) is 9.37 Å². The highest BCUT2D eigenvalue weighted by Crippen LogP contribution is 2.26. The van der Waals surface area contributed by atoms with Gasteiger partial charge in [0.25, 0.3) is 0 Å². The zero-order chi connectivity index (χ0) is 23.2. The first-order valence-electron chi connectivity index (χ1n) is 10.6. The third kappa shape index (κ3) is 5.64. The molecule has 0 bridgehead atoms. The molecule has 0 saturated heterocycles. The molecule has 0 atom stereocenters. The molecule has 0 aliphatic carbocycles. The summed E-state index contributed by atoms with van der Waals surface area (Å²) >= 11 is 6.20. The summed E-state index contributed by atoms with van der Waals surface area (Å²) in [7, 11) is 0. The Labute approximate surface area is 195 Å². The van der Waals surface area contributed by atoms with Gasteiger partial charge in [-0.1, -0.05) is 30.7 Å². The smallest absolute Gasteiger partial charge is 0.249 e. The second kappa shape index (κ2) is 10.4. The van der Waals surface area contributed by atoms with Gasteiger partial charge in [0.2, 0.25) is 17.7 Å². The van der Waals surface area contributed by atoms with Crippen molar-refractivity contribution in [3.63, 3.8) is 0 Å². The van der Waals surface area contributed by atoms with E-state index in [1.807, 2.05) is 19.1 Å². The molecule has 4 aromatic rings. The Morgan fingerprint density at radius 1 is 1.06 bits per heavy atom. The van der Waals surface area contributed by atoms with Gasteiger partial charge in [0.1, 0.15) is 5.82 Å². The Kier molecular flexibility index (Phi) is 7.14. The number of halogens is 2. The quantitative estimate of drug-likeness (QED) is 0.320. The minimum atomic E-state index is -0.319. The normalized spacial score (nSPS) is 11.0. The lowest BCUT2D eigenvalue weighted by atomic mass is 10.2. The van der Waals surface area contributed by atoms with Crippen LogP contribution in [0.25, 0.3) is 22.8 Å². The Hall–Kier alpha value is -3.52. The van der Waals surface area contributed by atoms with Crippen LogP contribution < -0.4 is 0 Å². The molecule has 0 aliphatic heterocycles. The molecule has 2 aromatic heterocycles. The third-order valence-electron chi connectivity index (χ3n) is 4.98. The van der Waals surface area contributed by atoms with Crippen LogP contribution >= 0.6 is 11.6 Å². The molecule has 1 amide bonds. The molecule has 9 heteroatoms. The first-order valence-corrected chi connectivity index (χ1v) is 11.0. The summed E-state index contributed by atoms with van der Waals surface area (Å²) < 4.78 is 24.6. The Balaban J connectivity index is 1.38. The zero-order valence-electron chi connectivity index (χ0n) is 18.0. The molecule has 2 heterocycles. The van der Waals surface area contributed by atoms with Crippen molar-refractivity contribution in [3.05, 3.63) is 77.3 Å². The van der Waals surface area contributed by atoms with Crippen molar-refractivity contribution in [2.75, 3.05) is 6.54 Å². The van der Waals surface area contributed by atoms with E-state index in [4.69, 9.17) is 20.4 Å². The summed E-state index contributed by atoms with van der Waals surface area (Å²) in [6, 6.07) is 13.2. The molecule has 0 saturated carbocycles. The van der Waals surface area contributed by atoms with Crippen molar-refractivity contribution in [3.8, 4) is 22.8 Å². The topological polar surface area (TPSA) is 85.3 Å². The standard InChI is InChI=1S/C24H22ClFN4O3/c1-2-13-30(15-22-28-29-24(33-22)18-5-3-4-6-19(18)25)23(31)12-11-21-27-14-20(32-21)16-7-9-17(26)10-8-16/h3-10,14H,2,11-13,15H2,1H3. The Bertz CT molecular complexity index is 1220. The lowest BCUT2D eigenvalue weighted by Crippen LogP contribution is -2.31. The molecule has 170 valence electrons. The van der Waals surface area contributed by atoms with E-state index in [2.05, 4.69) is 15.2 Å². The molecule has 0 radical (unpaired) electrons. The highest BCUT2D eigenvalue weighted by Gasteiger charge is 2.19. The molecule has 7 nitrogen and oxygen atoms in total. The number of aryl methyl sites for hydroxylation is 1. The number of carbonyl (C=O) groups is 1. The molecule has 0 unspecified atom stereocenters. The second-order valence-corrected chi connectivity index (χ2v) is 7.83. The molecule has 0 aliphatic rings. The van der Waals surface area contributed by atoms with Crippen LogP contribution in [0.15, 0.2) is 63.6 Å². The number of amides is 1. The van der Waals surface area contributed by atoms with Crippen LogP contribution in [0.3, 0.4) is 0 Å². The fourth-order valence-electron chi connectivity index (χ4n) is 3.33. The third-order valence-corrected chi connectivity index (χ3v) is 5.31. The van der Waals surface area contributed by atoms with Gasteiger partial charge in [0.15, 0.2) is 11.7 Å². The fourth-order valence-corrected chi connectivity index (χ4v) is 3.55. The van der Waals surface area contributed by atoms with Gasteiger partial charge in [0.05, 0.1) is 23.3 Å². The zero-order valence-corrected chi connectivity index (χ0v) is 18.8. The van der Waals surface area contributed by atoms with E-state index in [1.54, 1.807) is 35.4 Å². The Morgan fingerprint density at radius 2 is 1.85 bits per heavy atom. The van der Waals surface area contributed by atoms with Gasteiger partial charge in [-0.3, -0.25) is 4.79 Å². The molecule has 4 rings (SSSR count). The number of nitrogens with zero attached hydrogens (tertiary/aromatic N) is 4. The van der Waals surface area contributed by atoms with Gasteiger partial charge in [0, 0.05) is 24.9 Å². The maximum atomic E-state index is 13.1. The van der Waals surface area contributed by atoms with Crippen LogP contribution in [-0.2, 0) is 17.8 Å². The number of aromatic nitrogens is 3. The summed E-state index contributed by atoms with van der Waals surface area (Å²) in [5.41, 5.74) is 1.37. The fraction of sp³-hybridized carbons (Fsp3) is 0.250. The average Bonchev–Trinajstić information content (AvgIpc) is 3.48. The first kappa shape index (κ1) is 22.7. The lowest BCUT2D eigenvalue weighted by Gasteiger charge is -2.19. The monoisotopic (exact) mass is 468 g/mol. The molecule has 0 fully saturated rings. The largest absolute Gasteiger partial charge is 0.441 e. The van der Waals surface area contributed by atoms with Gasteiger partial charge >= 0.3 is 0 Å². The van der Waals surface area contributed by atoms with Gasteiger partial charge in [-0.15, -0.1) is 10.2 Å². The van der Waals surface area contributed by atoms with Gasteiger partial charge in [-0.2, -0.15) is 0 Å². The summed E-state index contributed by atoms with van der Waals surface area (Å²) in [6.07, 6.45) is 2.92. The highest BCUT2D eigenvalue weighted by molar-refractivity contribution is 6.33. The van der Waals surface area contributed by atoms with E-state index in [1.165, 1.54) is 12.1 Å². The van der Waals surface area contributed by atoms with E-state index in [9.17, 15) is 9.18 Å². The molecule has 0 spiro atoms. The van der Waals surface area contributed by atoms with Crippen molar-refractivity contribution in [1.82, 2.24) is 20.1 Å². The highest BCUT2D eigenvalue weighted by atomic mass is 35.5. The minimum absolute atomic E-state index is 0.0733. The molecule has 33 heavy (non-hydrogen) atoms. The maximum Gasteiger partial charge on any atom is 0.249 e. The molecular weight excluding hydrogens is 447 g/mol. The minimum Gasteiger partial charge on any atom is -0.441 e. The molecule has 0 N–H and O–H groups in total. The van der Waals surface area contributed by atoms with E-state index in [0.29, 0.717) is 47.0 Å². The van der Waals surface area contributed by atoms with Crippen LogP contribution in [0.2, 0.25) is 5.02 Å². The van der Waals surface area contributed by atoms with Crippen LogP contribution in [-0.4, -0.2) is 32.5 Å². The van der Waals surface area contributed by atoms with Gasteiger partial charge in [-0.05, 0) is 42.8 Å². The molecular formula is C24H22ClFN4O3. The van der Waals surface area contributed by atoms with Crippen molar-refractivity contribution in [1.29, 1.82) is 0 Å². The Morgan fingerprint density at radius 3 is 2.61 bits per heavy atom. The van der Waals surface area contributed by atoms with Crippen molar-refractivity contribution < 1.29 is 18.0 Å². The summed E-state index contributed by atoms with van der Waals surface area (Å²) in [5.74, 6) is 1.23. The predicted octanol–water partition coefficient (Wildman–Crippen LogP) is 5.56. The number of benzene rings is 2. The summed E-state index contributed by atoms with van der Waals surface area (Å²) in [6.45, 7) is 2.75. The number of hydrogen-bond donors (Lipinski definition) is 0. The van der Waals surface area contributed by atoms with E-state index >= 15 is 0 Å². The summed E-state index contributed by atoms with van der Waals surface area (Å²) in [4.78, 5) is 18.8. The number of hydrogen-bond acceptors (Lipinski definition) is 6.